The van der Waals surface area contributed by atoms with E-state index in [-0.39, 0.29) is 13.2 Å². The molecule has 1 unspecified atom stereocenters. The zero-order valence-corrected chi connectivity index (χ0v) is 14.4. The lowest BCUT2D eigenvalue weighted by atomic mass is 10.1. The minimum Gasteiger partial charge on any atom is -0.491 e. The van der Waals surface area contributed by atoms with Crippen LogP contribution in [0.3, 0.4) is 0 Å². The maximum absolute atomic E-state index is 8.87. The van der Waals surface area contributed by atoms with Gasteiger partial charge in [-0.3, -0.25) is 9.38 Å². The van der Waals surface area contributed by atoms with Gasteiger partial charge < -0.3 is 20.5 Å². The fourth-order valence-electron chi connectivity index (χ4n) is 3.15. The van der Waals surface area contributed by atoms with E-state index in [0.717, 1.165) is 42.4 Å². The van der Waals surface area contributed by atoms with Gasteiger partial charge in [-0.15, -0.1) is 0 Å². The Hall–Kier alpha value is -2.71. The van der Waals surface area contributed by atoms with Crippen molar-refractivity contribution in [1.29, 1.82) is 0 Å². The van der Waals surface area contributed by atoms with Gasteiger partial charge in [0.15, 0.2) is 0 Å². The molecule has 0 spiro atoms. The standard InChI is InChI=1S/C18H22N6O2/c25-6-7-26-14-3-5-24-16(11-21-18(24)8-14)15-10-20-12-17(23-15)22-13-2-1-4-19-9-13/h3,5,8,10-13,19,25H,1-2,4,6-7,9H2,(H,22,23). The molecule has 0 amide bonds. The summed E-state index contributed by atoms with van der Waals surface area (Å²) in [5, 5.41) is 15.7. The molecule has 136 valence electrons. The van der Waals surface area contributed by atoms with Crippen LogP contribution in [0.4, 0.5) is 5.82 Å². The van der Waals surface area contributed by atoms with Crippen molar-refractivity contribution in [3.63, 3.8) is 0 Å². The van der Waals surface area contributed by atoms with Gasteiger partial charge in [-0.2, -0.15) is 0 Å². The number of anilines is 1. The molecular formula is C18H22N6O2. The number of pyridine rings is 1. The molecule has 0 radical (unpaired) electrons. The van der Waals surface area contributed by atoms with Gasteiger partial charge in [-0.05, 0) is 25.5 Å². The normalized spacial score (nSPS) is 17.3. The van der Waals surface area contributed by atoms with E-state index in [4.69, 9.17) is 14.8 Å². The molecule has 8 heteroatoms. The van der Waals surface area contributed by atoms with Crippen LogP contribution in [0.2, 0.25) is 0 Å². The van der Waals surface area contributed by atoms with Crippen LogP contribution < -0.4 is 15.4 Å². The monoisotopic (exact) mass is 354 g/mol. The highest BCUT2D eigenvalue weighted by Crippen LogP contribution is 2.22. The van der Waals surface area contributed by atoms with Crippen molar-refractivity contribution in [3.8, 4) is 17.1 Å². The number of hydrogen-bond donors (Lipinski definition) is 3. The summed E-state index contributed by atoms with van der Waals surface area (Å²) < 4.78 is 7.38. The predicted octanol–water partition coefficient (Wildman–Crippen LogP) is 1.33. The number of nitrogens with zero attached hydrogens (tertiary/aromatic N) is 4. The highest BCUT2D eigenvalue weighted by Gasteiger charge is 2.14. The Kier molecular flexibility index (Phi) is 4.94. The van der Waals surface area contributed by atoms with Crippen molar-refractivity contribution in [3.05, 3.63) is 36.9 Å². The first kappa shape index (κ1) is 16.7. The molecule has 4 heterocycles. The molecule has 1 saturated heterocycles. The van der Waals surface area contributed by atoms with Crippen molar-refractivity contribution in [2.24, 2.45) is 0 Å². The van der Waals surface area contributed by atoms with Crippen LogP contribution >= 0.6 is 0 Å². The molecule has 1 atom stereocenters. The molecule has 3 aromatic rings. The van der Waals surface area contributed by atoms with Gasteiger partial charge in [0.1, 0.15) is 29.5 Å². The summed E-state index contributed by atoms with van der Waals surface area (Å²) in [7, 11) is 0. The fraction of sp³-hybridized carbons (Fsp3) is 0.389. The molecule has 3 aromatic heterocycles. The Morgan fingerprint density at radius 3 is 3.15 bits per heavy atom. The van der Waals surface area contributed by atoms with Crippen molar-refractivity contribution in [2.75, 3.05) is 31.6 Å². The third kappa shape index (κ3) is 3.61. The largest absolute Gasteiger partial charge is 0.491 e. The lowest BCUT2D eigenvalue weighted by molar-refractivity contribution is 0.201. The van der Waals surface area contributed by atoms with Gasteiger partial charge in [-0.25, -0.2) is 9.97 Å². The van der Waals surface area contributed by atoms with E-state index in [1.807, 2.05) is 22.7 Å². The fourth-order valence-corrected chi connectivity index (χ4v) is 3.15. The second-order valence-corrected chi connectivity index (χ2v) is 6.28. The van der Waals surface area contributed by atoms with Crippen LogP contribution in [0.1, 0.15) is 12.8 Å². The first-order valence-corrected chi connectivity index (χ1v) is 8.84. The summed E-state index contributed by atoms with van der Waals surface area (Å²) in [5.41, 5.74) is 2.38. The zero-order valence-electron chi connectivity index (χ0n) is 14.4. The summed E-state index contributed by atoms with van der Waals surface area (Å²) >= 11 is 0. The Morgan fingerprint density at radius 2 is 2.31 bits per heavy atom. The highest BCUT2D eigenvalue weighted by molar-refractivity contribution is 5.61. The van der Waals surface area contributed by atoms with Crippen molar-refractivity contribution in [1.82, 2.24) is 24.7 Å². The van der Waals surface area contributed by atoms with Crippen molar-refractivity contribution in [2.45, 2.75) is 18.9 Å². The number of fused-ring (bicyclic) bond motifs is 1. The summed E-state index contributed by atoms with van der Waals surface area (Å²) in [4.78, 5) is 13.5. The molecule has 4 rings (SSSR count). The zero-order chi connectivity index (χ0) is 17.8. The summed E-state index contributed by atoms with van der Waals surface area (Å²) in [6.07, 6.45) is 9.45. The molecule has 3 N–H and O–H groups in total. The maximum Gasteiger partial charge on any atom is 0.145 e. The van der Waals surface area contributed by atoms with E-state index in [9.17, 15) is 0 Å². The smallest absolute Gasteiger partial charge is 0.145 e. The van der Waals surface area contributed by atoms with Crippen LogP contribution in [0, 0.1) is 0 Å². The van der Waals surface area contributed by atoms with Gasteiger partial charge in [-0.1, -0.05) is 0 Å². The van der Waals surface area contributed by atoms with Crippen molar-refractivity contribution >= 4 is 11.5 Å². The lowest BCUT2D eigenvalue weighted by Gasteiger charge is -2.24. The van der Waals surface area contributed by atoms with Crippen LogP contribution in [-0.4, -0.2) is 56.8 Å². The highest BCUT2D eigenvalue weighted by atomic mass is 16.5. The quantitative estimate of drug-likeness (QED) is 0.614. The minimum absolute atomic E-state index is 0.0171. The van der Waals surface area contributed by atoms with Gasteiger partial charge in [0.25, 0.3) is 0 Å². The molecule has 0 bridgehead atoms. The van der Waals surface area contributed by atoms with Crippen molar-refractivity contribution < 1.29 is 9.84 Å². The topological polar surface area (TPSA) is 96.6 Å². The Bertz CT molecular complexity index is 875. The van der Waals surface area contributed by atoms with E-state index in [1.165, 1.54) is 6.42 Å². The molecule has 0 saturated carbocycles. The number of nitrogens with one attached hydrogen (secondary N) is 2. The molecule has 1 aliphatic heterocycles. The molecule has 1 aliphatic rings. The summed E-state index contributed by atoms with van der Waals surface area (Å²) in [6, 6.07) is 4.06. The number of aliphatic hydroxyl groups is 1. The average molecular weight is 354 g/mol. The van der Waals surface area contributed by atoms with Crippen LogP contribution in [0.15, 0.2) is 36.9 Å². The second-order valence-electron chi connectivity index (χ2n) is 6.28. The number of piperidine rings is 1. The van der Waals surface area contributed by atoms with E-state index >= 15 is 0 Å². The maximum atomic E-state index is 8.87. The van der Waals surface area contributed by atoms with Gasteiger partial charge in [0.05, 0.1) is 30.9 Å². The van der Waals surface area contributed by atoms with Crippen LogP contribution in [0.5, 0.6) is 5.75 Å². The predicted molar refractivity (Wildman–Crippen MR) is 98.3 cm³/mol. The summed E-state index contributed by atoms with van der Waals surface area (Å²) in [5.74, 6) is 1.45. The molecule has 1 fully saturated rings. The number of aromatic nitrogens is 4. The molecule has 26 heavy (non-hydrogen) atoms. The van der Waals surface area contributed by atoms with Gasteiger partial charge >= 0.3 is 0 Å². The van der Waals surface area contributed by atoms with E-state index < -0.39 is 0 Å². The van der Waals surface area contributed by atoms with Crippen LogP contribution in [-0.2, 0) is 0 Å². The minimum atomic E-state index is -0.0171. The van der Waals surface area contributed by atoms with E-state index in [1.54, 1.807) is 18.6 Å². The van der Waals surface area contributed by atoms with Gasteiger partial charge in [0, 0.05) is 24.8 Å². The van der Waals surface area contributed by atoms with E-state index in [0.29, 0.717) is 11.8 Å². The molecule has 0 aliphatic carbocycles. The van der Waals surface area contributed by atoms with Crippen LogP contribution in [0.25, 0.3) is 17.0 Å². The molecule has 8 nitrogen and oxygen atoms in total. The SMILES string of the molecule is OCCOc1ccn2c(-c3cncc(NC4CCCNC4)n3)cnc2c1. The first-order valence-electron chi connectivity index (χ1n) is 8.84. The molecule has 0 aromatic carbocycles. The molecular weight excluding hydrogens is 332 g/mol. The van der Waals surface area contributed by atoms with Gasteiger partial charge in [0.2, 0.25) is 0 Å². The Balaban J connectivity index is 1.57. The second kappa shape index (κ2) is 7.67. The summed E-state index contributed by atoms with van der Waals surface area (Å²) in [6.45, 7) is 2.27. The number of rotatable bonds is 6. The number of aliphatic hydroxyl groups excluding tert-OH is 1. The third-order valence-corrected chi connectivity index (χ3v) is 4.39. The Morgan fingerprint density at radius 1 is 1.35 bits per heavy atom. The average Bonchev–Trinajstić information content (AvgIpc) is 3.10. The third-order valence-electron chi connectivity index (χ3n) is 4.39. The number of hydrogen-bond acceptors (Lipinski definition) is 7. The first-order chi connectivity index (χ1) is 12.8. The number of ether oxygens (including phenoxy) is 1. The lowest BCUT2D eigenvalue weighted by Crippen LogP contribution is -2.38. The Labute approximate surface area is 151 Å². The van der Waals surface area contributed by atoms with E-state index in [2.05, 4.69) is 20.6 Å². The number of imidazole rings is 1.